The van der Waals surface area contributed by atoms with Gasteiger partial charge in [0.2, 0.25) is 0 Å². The van der Waals surface area contributed by atoms with Crippen LogP contribution in [0, 0.1) is 0 Å². The Kier molecular flexibility index (Phi) is 4.77. The zero-order chi connectivity index (χ0) is 13.8. The van der Waals surface area contributed by atoms with Crippen LogP contribution in [-0.4, -0.2) is 17.9 Å². The lowest BCUT2D eigenvalue weighted by atomic mass is 10.1. The number of amides is 1. The van der Waals surface area contributed by atoms with Crippen LogP contribution in [0.15, 0.2) is 57.5 Å². The molecule has 0 radical (unpaired) electrons. The maximum atomic E-state index is 12.3. The summed E-state index contributed by atoms with van der Waals surface area (Å²) in [6.07, 6.45) is 0. The van der Waals surface area contributed by atoms with Crippen LogP contribution in [0.3, 0.4) is 0 Å². The van der Waals surface area contributed by atoms with E-state index in [1.54, 1.807) is 4.90 Å². The van der Waals surface area contributed by atoms with E-state index in [1.807, 2.05) is 55.6 Å². The minimum Gasteiger partial charge on any atom is -0.337 e. The van der Waals surface area contributed by atoms with E-state index in [1.165, 1.54) is 0 Å². The molecule has 19 heavy (non-hydrogen) atoms. The number of benzene rings is 2. The van der Waals surface area contributed by atoms with E-state index < -0.39 is 0 Å². The Hall–Kier alpha value is -1.13. The van der Waals surface area contributed by atoms with Gasteiger partial charge in [0.25, 0.3) is 5.91 Å². The van der Waals surface area contributed by atoms with Gasteiger partial charge < -0.3 is 4.90 Å². The van der Waals surface area contributed by atoms with E-state index >= 15 is 0 Å². The third-order valence-corrected chi connectivity index (χ3v) is 3.77. The molecule has 0 bridgehead atoms. The molecule has 2 nitrogen and oxygen atoms in total. The fourth-order valence-corrected chi connectivity index (χ4v) is 2.44. The lowest BCUT2D eigenvalue weighted by molar-refractivity contribution is 0.0785. The van der Waals surface area contributed by atoms with Gasteiger partial charge in [-0.3, -0.25) is 4.79 Å². The first-order valence-corrected chi connectivity index (χ1v) is 7.40. The van der Waals surface area contributed by atoms with E-state index in [9.17, 15) is 4.79 Å². The highest BCUT2D eigenvalue weighted by Crippen LogP contribution is 2.15. The average Bonchev–Trinajstić information content (AvgIpc) is 2.40. The van der Waals surface area contributed by atoms with Gasteiger partial charge in [-0.25, -0.2) is 0 Å². The molecule has 0 aliphatic rings. The molecule has 0 spiro atoms. The predicted octanol–water partition coefficient (Wildman–Crippen LogP) is 4.48. The van der Waals surface area contributed by atoms with Crippen LogP contribution in [0.4, 0.5) is 0 Å². The van der Waals surface area contributed by atoms with Crippen LogP contribution < -0.4 is 0 Å². The van der Waals surface area contributed by atoms with Gasteiger partial charge in [-0.15, -0.1) is 0 Å². The zero-order valence-corrected chi connectivity index (χ0v) is 13.6. The van der Waals surface area contributed by atoms with Crippen LogP contribution >= 0.6 is 31.9 Å². The average molecular weight is 383 g/mol. The van der Waals surface area contributed by atoms with E-state index in [4.69, 9.17) is 0 Å². The Morgan fingerprint density at radius 2 is 1.74 bits per heavy atom. The van der Waals surface area contributed by atoms with Gasteiger partial charge in [-0.1, -0.05) is 50.1 Å². The van der Waals surface area contributed by atoms with Crippen LogP contribution in [0.1, 0.15) is 15.9 Å². The van der Waals surface area contributed by atoms with Gasteiger partial charge in [0.1, 0.15) is 0 Å². The molecule has 0 saturated carbocycles. The summed E-state index contributed by atoms with van der Waals surface area (Å²) >= 11 is 6.78. The van der Waals surface area contributed by atoms with Crippen molar-refractivity contribution >= 4 is 37.8 Å². The molecule has 0 fully saturated rings. The third kappa shape index (κ3) is 3.91. The van der Waals surface area contributed by atoms with Crippen molar-refractivity contribution < 1.29 is 4.79 Å². The maximum Gasteiger partial charge on any atom is 0.253 e. The number of hydrogen-bond acceptors (Lipinski definition) is 1. The molecule has 2 rings (SSSR count). The summed E-state index contributed by atoms with van der Waals surface area (Å²) in [5.74, 6) is 0.0178. The van der Waals surface area contributed by atoms with Crippen molar-refractivity contribution in [3.63, 3.8) is 0 Å². The smallest absolute Gasteiger partial charge is 0.253 e. The van der Waals surface area contributed by atoms with Crippen LogP contribution in [0.2, 0.25) is 0 Å². The number of carbonyl (C=O) groups excluding carboxylic acids is 1. The van der Waals surface area contributed by atoms with Crippen molar-refractivity contribution in [2.75, 3.05) is 7.05 Å². The lowest BCUT2D eigenvalue weighted by Gasteiger charge is -2.17. The Morgan fingerprint density at radius 3 is 2.37 bits per heavy atom. The SMILES string of the molecule is CN(Cc1ccc(Br)cc1)C(=O)c1cccc(Br)c1. The van der Waals surface area contributed by atoms with Gasteiger partial charge in [0.05, 0.1) is 0 Å². The van der Waals surface area contributed by atoms with Crippen LogP contribution in [0.5, 0.6) is 0 Å². The molecule has 0 atom stereocenters. The molecule has 4 heteroatoms. The molecule has 0 aliphatic carbocycles. The number of halogens is 2. The summed E-state index contributed by atoms with van der Waals surface area (Å²) in [5, 5.41) is 0. The molecule has 0 N–H and O–H groups in total. The fourth-order valence-electron chi connectivity index (χ4n) is 1.78. The van der Waals surface area contributed by atoms with Gasteiger partial charge in [-0.05, 0) is 35.9 Å². The molecule has 2 aromatic carbocycles. The predicted molar refractivity (Wildman–Crippen MR) is 84.1 cm³/mol. The molecule has 0 aromatic heterocycles. The summed E-state index contributed by atoms with van der Waals surface area (Å²) < 4.78 is 1.95. The first-order valence-electron chi connectivity index (χ1n) is 5.82. The molecular weight excluding hydrogens is 370 g/mol. The van der Waals surface area contributed by atoms with E-state index in [0.29, 0.717) is 12.1 Å². The number of rotatable bonds is 3. The van der Waals surface area contributed by atoms with Crippen molar-refractivity contribution in [1.82, 2.24) is 4.90 Å². The van der Waals surface area contributed by atoms with Gasteiger partial charge in [0.15, 0.2) is 0 Å². The molecule has 98 valence electrons. The second kappa shape index (κ2) is 6.35. The zero-order valence-electron chi connectivity index (χ0n) is 10.4. The van der Waals surface area contributed by atoms with Crippen molar-refractivity contribution in [2.24, 2.45) is 0 Å². The van der Waals surface area contributed by atoms with E-state index in [2.05, 4.69) is 31.9 Å². The van der Waals surface area contributed by atoms with Crippen molar-refractivity contribution in [3.05, 3.63) is 68.6 Å². The molecule has 0 heterocycles. The number of nitrogens with zero attached hydrogens (tertiary/aromatic N) is 1. The third-order valence-electron chi connectivity index (χ3n) is 2.75. The molecular formula is C15H13Br2NO. The standard InChI is InChI=1S/C15H13Br2NO/c1-18(10-11-5-7-13(16)8-6-11)15(19)12-3-2-4-14(17)9-12/h2-9H,10H2,1H3. The van der Waals surface area contributed by atoms with Crippen molar-refractivity contribution in [2.45, 2.75) is 6.54 Å². The first kappa shape index (κ1) is 14.3. The summed E-state index contributed by atoms with van der Waals surface area (Å²) in [5.41, 5.74) is 1.79. The summed E-state index contributed by atoms with van der Waals surface area (Å²) in [7, 11) is 1.81. The van der Waals surface area contributed by atoms with Gasteiger partial charge in [0, 0.05) is 28.1 Å². The van der Waals surface area contributed by atoms with Gasteiger partial charge in [-0.2, -0.15) is 0 Å². The van der Waals surface area contributed by atoms with Crippen LogP contribution in [-0.2, 0) is 6.54 Å². The normalized spacial score (nSPS) is 10.3. The van der Waals surface area contributed by atoms with Crippen molar-refractivity contribution in [3.8, 4) is 0 Å². The van der Waals surface area contributed by atoms with Gasteiger partial charge >= 0.3 is 0 Å². The largest absolute Gasteiger partial charge is 0.337 e. The minimum absolute atomic E-state index is 0.0178. The summed E-state index contributed by atoms with van der Waals surface area (Å²) in [6.45, 7) is 0.596. The molecule has 2 aromatic rings. The molecule has 0 aliphatic heterocycles. The Labute approximate surface area is 129 Å². The van der Waals surface area contributed by atoms with E-state index in [0.717, 1.165) is 14.5 Å². The Bertz CT molecular complexity index is 581. The second-order valence-corrected chi connectivity index (χ2v) is 6.13. The molecule has 1 amide bonds. The molecule has 0 unspecified atom stereocenters. The lowest BCUT2D eigenvalue weighted by Crippen LogP contribution is -2.26. The summed E-state index contributed by atoms with van der Waals surface area (Å²) in [4.78, 5) is 14.0. The Morgan fingerprint density at radius 1 is 1.05 bits per heavy atom. The maximum absolute atomic E-state index is 12.3. The number of carbonyl (C=O) groups is 1. The van der Waals surface area contributed by atoms with Crippen molar-refractivity contribution in [1.29, 1.82) is 0 Å². The number of hydrogen-bond donors (Lipinski definition) is 0. The Balaban J connectivity index is 2.09. The highest BCUT2D eigenvalue weighted by Gasteiger charge is 2.12. The topological polar surface area (TPSA) is 20.3 Å². The minimum atomic E-state index is 0.0178. The highest BCUT2D eigenvalue weighted by molar-refractivity contribution is 9.10. The molecule has 0 saturated heterocycles. The highest BCUT2D eigenvalue weighted by atomic mass is 79.9. The second-order valence-electron chi connectivity index (χ2n) is 4.30. The fraction of sp³-hybridized carbons (Fsp3) is 0.133. The summed E-state index contributed by atoms with van der Waals surface area (Å²) in [6, 6.07) is 15.4. The van der Waals surface area contributed by atoms with Crippen LogP contribution in [0.25, 0.3) is 0 Å². The monoisotopic (exact) mass is 381 g/mol. The quantitative estimate of drug-likeness (QED) is 0.766. The first-order chi connectivity index (χ1) is 9.06. The van der Waals surface area contributed by atoms with E-state index in [-0.39, 0.29) is 5.91 Å².